The van der Waals surface area contributed by atoms with Gasteiger partial charge in [0.2, 0.25) is 5.91 Å². The Morgan fingerprint density at radius 1 is 1.43 bits per heavy atom. The first-order valence-corrected chi connectivity index (χ1v) is 7.03. The number of rotatable bonds is 5. The van der Waals surface area contributed by atoms with Crippen LogP contribution >= 0.6 is 15.9 Å². The summed E-state index contributed by atoms with van der Waals surface area (Å²) >= 11 is 3.23. The Morgan fingerprint density at radius 3 is 2.52 bits per heavy atom. The van der Waals surface area contributed by atoms with Crippen LogP contribution in [-0.4, -0.2) is 36.1 Å². The SMILES string of the molecule is CC(C)N(CC(=O)Nc1ccc(N)cc1Br)CC(F)(F)F. The van der Waals surface area contributed by atoms with Crippen molar-refractivity contribution in [3.8, 4) is 0 Å². The minimum Gasteiger partial charge on any atom is -0.399 e. The minimum absolute atomic E-state index is 0.339. The minimum atomic E-state index is -4.34. The van der Waals surface area contributed by atoms with Gasteiger partial charge in [0.15, 0.2) is 0 Å². The van der Waals surface area contributed by atoms with Crippen LogP contribution in [0, 0.1) is 0 Å². The van der Waals surface area contributed by atoms with E-state index in [-0.39, 0.29) is 6.54 Å². The number of anilines is 2. The van der Waals surface area contributed by atoms with Gasteiger partial charge in [-0.2, -0.15) is 13.2 Å². The van der Waals surface area contributed by atoms with E-state index in [0.717, 1.165) is 4.90 Å². The Balaban J connectivity index is 2.70. The van der Waals surface area contributed by atoms with E-state index in [2.05, 4.69) is 21.2 Å². The number of halogens is 4. The van der Waals surface area contributed by atoms with Gasteiger partial charge in [-0.05, 0) is 48.0 Å². The lowest BCUT2D eigenvalue weighted by Crippen LogP contribution is -2.43. The normalized spacial score (nSPS) is 12.0. The van der Waals surface area contributed by atoms with Crippen LogP contribution in [0.2, 0.25) is 0 Å². The van der Waals surface area contributed by atoms with Crippen molar-refractivity contribution in [3.05, 3.63) is 22.7 Å². The van der Waals surface area contributed by atoms with Gasteiger partial charge < -0.3 is 11.1 Å². The molecule has 0 aliphatic rings. The van der Waals surface area contributed by atoms with Gasteiger partial charge >= 0.3 is 6.18 Å². The van der Waals surface area contributed by atoms with Crippen molar-refractivity contribution in [1.29, 1.82) is 0 Å². The molecule has 1 aromatic rings. The predicted molar refractivity (Wildman–Crippen MR) is 79.9 cm³/mol. The van der Waals surface area contributed by atoms with Gasteiger partial charge in [-0.15, -0.1) is 0 Å². The number of hydrogen-bond acceptors (Lipinski definition) is 3. The molecule has 21 heavy (non-hydrogen) atoms. The maximum atomic E-state index is 12.5. The highest BCUT2D eigenvalue weighted by Gasteiger charge is 2.32. The Kier molecular flexibility index (Phi) is 6.03. The van der Waals surface area contributed by atoms with E-state index < -0.39 is 24.7 Å². The molecule has 1 aromatic carbocycles. The molecule has 0 unspecified atom stereocenters. The summed E-state index contributed by atoms with van der Waals surface area (Å²) in [5, 5.41) is 2.56. The second-order valence-electron chi connectivity index (χ2n) is 4.90. The largest absolute Gasteiger partial charge is 0.401 e. The number of alkyl halides is 3. The third-order valence-electron chi connectivity index (χ3n) is 2.73. The molecule has 0 aliphatic carbocycles. The third-order valence-corrected chi connectivity index (χ3v) is 3.38. The van der Waals surface area contributed by atoms with Crippen molar-refractivity contribution in [2.45, 2.75) is 26.1 Å². The first-order chi connectivity index (χ1) is 9.58. The van der Waals surface area contributed by atoms with Gasteiger partial charge in [0.25, 0.3) is 0 Å². The van der Waals surface area contributed by atoms with Gasteiger partial charge in [0.1, 0.15) is 0 Å². The Labute approximate surface area is 129 Å². The van der Waals surface area contributed by atoms with Crippen molar-refractivity contribution in [2.75, 3.05) is 24.1 Å². The van der Waals surface area contributed by atoms with Gasteiger partial charge in [0.05, 0.1) is 18.8 Å². The van der Waals surface area contributed by atoms with Crippen molar-refractivity contribution in [1.82, 2.24) is 4.90 Å². The van der Waals surface area contributed by atoms with Gasteiger partial charge in [-0.25, -0.2) is 0 Å². The van der Waals surface area contributed by atoms with E-state index in [1.54, 1.807) is 32.0 Å². The molecule has 0 fully saturated rings. The van der Waals surface area contributed by atoms with E-state index in [1.165, 1.54) is 0 Å². The molecule has 0 spiro atoms. The molecule has 0 saturated heterocycles. The molecule has 118 valence electrons. The monoisotopic (exact) mass is 367 g/mol. The van der Waals surface area contributed by atoms with Crippen LogP contribution in [0.1, 0.15) is 13.8 Å². The third kappa shape index (κ3) is 6.34. The summed E-state index contributed by atoms with van der Waals surface area (Å²) in [6, 6.07) is 4.38. The average molecular weight is 368 g/mol. The Morgan fingerprint density at radius 2 is 2.05 bits per heavy atom. The average Bonchev–Trinajstić information content (AvgIpc) is 2.30. The topological polar surface area (TPSA) is 58.4 Å². The molecule has 0 aromatic heterocycles. The maximum absolute atomic E-state index is 12.5. The highest BCUT2D eigenvalue weighted by Crippen LogP contribution is 2.25. The number of amides is 1. The predicted octanol–water partition coefficient (Wildman–Crippen LogP) is 3.24. The van der Waals surface area contributed by atoms with Gasteiger partial charge in [-0.1, -0.05) is 0 Å². The van der Waals surface area contributed by atoms with Crippen molar-refractivity contribution < 1.29 is 18.0 Å². The lowest BCUT2D eigenvalue weighted by atomic mass is 10.2. The number of benzene rings is 1. The van der Waals surface area contributed by atoms with Crippen LogP contribution in [0.4, 0.5) is 24.5 Å². The molecule has 3 N–H and O–H groups in total. The zero-order chi connectivity index (χ0) is 16.2. The molecule has 0 saturated carbocycles. The van der Waals surface area contributed by atoms with E-state index in [4.69, 9.17) is 5.73 Å². The van der Waals surface area contributed by atoms with Gasteiger partial charge in [0, 0.05) is 16.2 Å². The molecular weight excluding hydrogens is 351 g/mol. The number of hydrogen-bond donors (Lipinski definition) is 2. The molecule has 0 heterocycles. The number of nitrogens with two attached hydrogens (primary N) is 1. The summed E-state index contributed by atoms with van der Waals surface area (Å²) in [4.78, 5) is 12.9. The Bertz CT molecular complexity index is 506. The summed E-state index contributed by atoms with van der Waals surface area (Å²) < 4.78 is 37.9. The van der Waals surface area contributed by atoms with Crippen LogP contribution in [0.3, 0.4) is 0 Å². The first-order valence-electron chi connectivity index (χ1n) is 6.24. The van der Waals surface area contributed by atoms with Crippen molar-refractivity contribution in [2.24, 2.45) is 0 Å². The number of nitrogens with zero attached hydrogens (tertiary/aromatic N) is 1. The van der Waals surface area contributed by atoms with Crippen molar-refractivity contribution in [3.63, 3.8) is 0 Å². The summed E-state index contributed by atoms with van der Waals surface area (Å²) in [5.74, 6) is -0.515. The number of carbonyl (C=O) groups excluding carboxylic acids is 1. The lowest BCUT2D eigenvalue weighted by Gasteiger charge is -2.26. The number of nitrogen functional groups attached to an aromatic ring is 1. The van der Waals surface area contributed by atoms with Crippen LogP contribution in [-0.2, 0) is 4.79 Å². The summed E-state index contributed by atoms with van der Waals surface area (Å²) in [7, 11) is 0. The molecule has 1 amide bonds. The highest BCUT2D eigenvalue weighted by atomic mass is 79.9. The van der Waals surface area contributed by atoms with Crippen LogP contribution < -0.4 is 11.1 Å². The lowest BCUT2D eigenvalue weighted by molar-refractivity contribution is -0.151. The molecule has 4 nitrogen and oxygen atoms in total. The molecule has 0 radical (unpaired) electrons. The molecule has 8 heteroatoms. The zero-order valence-corrected chi connectivity index (χ0v) is 13.3. The highest BCUT2D eigenvalue weighted by molar-refractivity contribution is 9.10. The second kappa shape index (κ2) is 7.13. The maximum Gasteiger partial charge on any atom is 0.401 e. The van der Waals surface area contributed by atoms with Crippen LogP contribution in [0.15, 0.2) is 22.7 Å². The zero-order valence-electron chi connectivity index (χ0n) is 11.7. The summed E-state index contributed by atoms with van der Waals surface area (Å²) in [5.41, 5.74) is 6.55. The fourth-order valence-electron chi connectivity index (χ4n) is 1.66. The van der Waals surface area contributed by atoms with Crippen LogP contribution in [0.25, 0.3) is 0 Å². The molecule has 0 atom stereocenters. The summed E-state index contributed by atoms with van der Waals surface area (Å²) in [6.07, 6.45) is -4.34. The van der Waals surface area contributed by atoms with E-state index in [9.17, 15) is 18.0 Å². The van der Waals surface area contributed by atoms with E-state index >= 15 is 0 Å². The number of nitrogens with one attached hydrogen (secondary N) is 1. The molecule has 0 aliphatic heterocycles. The number of carbonyl (C=O) groups is 1. The van der Waals surface area contributed by atoms with E-state index in [0.29, 0.717) is 15.8 Å². The molecule has 0 bridgehead atoms. The molecular formula is C13H17BrF3N3O. The standard InChI is InChI=1S/C13H17BrF3N3O/c1-8(2)20(7-13(15,16)17)6-12(21)19-11-4-3-9(18)5-10(11)14/h3-5,8H,6-7,18H2,1-2H3,(H,19,21). The smallest absolute Gasteiger partial charge is 0.399 e. The second-order valence-corrected chi connectivity index (χ2v) is 5.76. The molecule has 1 rings (SSSR count). The summed E-state index contributed by atoms with van der Waals surface area (Å²) in [6.45, 7) is 1.76. The fraction of sp³-hybridized carbons (Fsp3) is 0.462. The first kappa shape index (κ1) is 17.8. The van der Waals surface area contributed by atoms with Crippen LogP contribution in [0.5, 0.6) is 0 Å². The van der Waals surface area contributed by atoms with Crippen molar-refractivity contribution >= 4 is 33.2 Å². The van der Waals surface area contributed by atoms with Gasteiger partial charge in [-0.3, -0.25) is 9.69 Å². The van der Waals surface area contributed by atoms with E-state index in [1.807, 2.05) is 0 Å². The quantitative estimate of drug-likeness (QED) is 0.785. The fourth-order valence-corrected chi connectivity index (χ4v) is 2.15. The Hall–Kier alpha value is -1.28.